The first kappa shape index (κ1) is 15.4. The molecule has 3 nitrogen and oxygen atoms in total. The van der Waals surface area contributed by atoms with Crippen LogP contribution in [-0.4, -0.2) is 49.3 Å². The van der Waals surface area contributed by atoms with E-state index in [1.807, 2.05) is 6.92 Å². The van der Waals surface area contributed by atoms with Crippen LogP contribution in [0, 0.1) is 5.41 Å². The van der Waals surface area contributed by atoms with Gasteiger partial charge in [0.05, 0.1) is 11.5 Å². The standard InChI is InChI=1S/C12H24BrNO2S/c1-4-12(5-2,9-13)10-14-6-7-17(15,16)8-11(14)3/h11H,4-10H2,1-3H3. The van der Waals surface area contributed by atoms with Crippen molar-refractivity contribution in [3.63, 3.8) is 0 Å². The SMILES string of the molecule is CCC(CC)(CBr)CN1CCS(=O)(=O)CC1C. The summed E-state index contributed by atoms with van der Waals surface area (Å²) in [7, 11) is -2.79. The number of hydrogen-bond donors (Lipinski definition) is 0. The molecule has 1 atom stereocenters. The summed E-state index contributed by atoms with van der Waals surface area (Å²) in [6.45, 7) is 8.16. The summed E-state index contributed by atoms with van der Waals surface area (Å²) < 4.78 is 23.1. The van der Waals surface area contributed by atoms with E-state index in [-0.39, 0.29) is 11.5 Å². The highest BCUT2D eigenvalue weighted by atomic mass is 79.9. The largest absolute Gasteiger partial charge is 0.298 e. The highest BCUT2D eigenvalue weighted by molar-refractivity contribution is 9.09. The fourth-order valence-corrected chi connectivity index (χ4v) is 5.00. The Balaban J connectivity index is 2.69. The van der Waals surface area contributed by atoms with Crippen molar-refractivity contribution in [2.24, 2.45) is 5.41 Å². The minimum atomic E-state index is -2.79. The van der Waals surface area contributed by atoms with Crippen LogP contribution in [0.4, 0.5) is 0 Å². The quantitative estimate of drug-likeness (QED) is 0.728. The lowest BCUT2D eigenvalue weighted by Gasteiger charge is -2.41. The number of rotatable bonds is 5. The second-order valence-electron chi connectivity index (χ2n) is 5.27. The molecule has 0 radical (unpaired) electrons. The molecule has 0 saturated carbocycles. The topological polar surface area (TPSA) is 37.4 Å². The minimum absolute atomic E-state index is 0.158. The van der Waals surface area contributed by atoms with E-state index in [1.165, 1.54) is 0 Å². The van der Waals surface area contributed by atoms with Crippen molar-refractivity contribution < 1.29 is 8.42 Å². The summed E-state index contributed by atoms with van der Waals surface area (Å²) in [5.41, 5.74) is 0.287. The van der Waals surface area contributed by atoms with Crippen LogP contribution < -0.4 is 0 Å². The summed E-state index contributed by atoms with van der Waals surface area (Å²) >= 11 is 3.62. The Kier molecular flexibility index (Phi) is 5.47. The smallest absolute Gasteiger partial charge is 0.153 e. The third kappa shape index (κ3) is 3.93. The average Bonchev–Trinajstić information content (AvgIpc) is 2.28. The molecule has 0 aromatic rings. The van der Waals surface area contributed by atoms with E-state index in [2.05, 4.69) is 34.7 Å². The van der Waals surface area contributed by atoms with E-state index in [0.717, 1.165) is 24.7 Å². The molecule has 1 aliphatic heterocycles. The fraction of sp³-hybridized carbons (Fsp3) is 1.00. The van der Waals surface area contributed by atoms with Gasteiger partial charge in [-0.2, -0.15) is 0 Å². The van der Waals surface area contributed by atoms with Crippen molar-refractivity contribution in [2.75, 3.05) is 29.9 Å². The van der Waals surface area contributed by atoms with Crippen molar-refractivity contribution in [3.05, 3.63) is 0 Å². The van der Waals surface area contributed by atoms with Gasteiger partial charge in [0.25, 0.3) is 0 Å². The third-order valence-electron chi connectivity index (χ3n) is 4.13. The van der Waals surface area contributed by atoms with Crippen LogP contribution in [0.5, 0.6) is 0 Å². The van der Waals surface area contributed by atoms with Gasteiger partial charge in [0.15, 0.2) is 9.84 Å². The zero-order valence-electron chi connectivity index (χ0n) is 11.1. The van der Waals surface area contributed by atoms with Crippen molar-refractivity contribution in [3.8, 4) is 0 Å². The lowest BCUT2D eigenvalue weighted by molar-refractivity contribution is 0.132. The zero-order chi connectivity index (χ0) is 13.1. The normalized spacial score (nSPS) is 26.0. The van der Waals surface area contributed by atoms with Gasteiger partial charge >= 0.3 is 0 Å². The summed E-state index contributed by atoms with van der Waals surface area (Å²) in [5.74, 6) is 0.641. The van der Waals surface area contributed by atoms with Crippen LogP contribution in [0.15, 0.2) is 0 Å². The summed E-state index contributed by atoms with van der Waals surface area (Å²) in [4.78, 5) is 2.34. The molecule has 0 aliphatic carbocycles. The maximum atomic E-state index is 11.5. The van der Waals surface area contributed by atoms with E-state index in [4.69, 9.17) is 0 Å². The second-order valence-corrected chi connectivity index (χ2v) is 8.06. The first-order valence-electron chi connectivity index (χ1n) is 6.38. The monoisotopic (exact) mass is 325 g/mol. The third-order valence-corrected chi connectivity index (χ3v) is 7.11. The van der Waals surface area contributed by atoms with Gasteiger partial charge < -0.3 is 0 Å². The molecule has 1 unspecified atom stereocenters. The average molecular weight is 326 g/mol. The number of nitrogens with zero attached hydrogens (tertiary/aromatic N) is 1. The van der Waals surface area contributed by atoms with Gasteiger partial charge in [-0.1, -0.05) is 29.8 Å². The maximum Gasteiger partial charge on any atom is 0.153 e. The van der Waals surface area contributed by atoms with E-state index in [1.54, 1.807) is 0 Å². The Morgan fingerprint density at radius 2 is 1.94 bits per heavy atom. The van der Waals surface area contributed by atoms with Crippen molar-refractivity contribution >= 4 is 25.8 Å². The molecule has 17 heavy (non-hydrogen) atoms. The molecule has 1 rings (SSSR count). The lowest BCUT2D eigenvalue weighted by atomic mass is 9.84. The fourth-order valence-electron chi connectivity index (χ4n) is 2.40. The molecule has 102 valence electrons. The van der Waals surface area contributed by atoms with Crippen LogP contribution in [0.3, 0.4) is 0 Å². The van der Waals surface area contributed by atoms with Gasteiger partial charge in [-0.3, -0.25) is 4.90 Å². The first-order valence-corrected chi connectivity index (χ1v) is 9.33. The highest BCUT2D eigenvalue weighted by Gasteiger charge is 2.34. The van der Waals surface area contributed by atoms with Crippen molar-refractivity contribution in [2.45, 2.75) is 39.7 Å². The van der Waals surface area contributed by atoms with Crippen LogP contribution in [-0.2, 0) is 9.84 Å². The van der Waals surface area contributed by atoms with Crippen molar-refractivity contribution in [1.82, 2.24) is 4.90 Å². The van der Waals surface area contributed by atoms with E-state index in [9.17, 15) is 8.42 Å². The summed E-state index contributed by atoms with van der Waals surface area (Å²) in [6.07, 6.45) is 2.26. The molecule has 0 aromatic carbocycles. The first-order chi connectivity index (χ1) is 7.88. The van der Waals surface area contributed by atoms with Gasteiger partial charge in [0.2, 0.25) is 0 Å². The molecule has 1 saturated heterocycles. The van der Waals surface area contributed by atoms with Crippen molar-refractivity contribution in [1.29, 1.82) is 0 Å². The van der Waals surface area contributed by atoms with Gasteiger partial charge in [0.1, 0.15) is 0 Å². The molecule has 0 aromatic heterocycles. The predicted octanol–water partition coefficient (Wildman–Crippen LogP) is 2.31. The zero-order valence-corrected chi connectivity index (χ0v) is 13.5. The Hall–Kier alpha value is 0.390. The number of alkyl halides is 1. The molecular formula is C12H24BrNO2S. The van der Waals surface area contributed by atoms with Gasteiger partial charge in [0, 0.05) is 24.5 Å². The van der Waals surface area contributed by atoms with Crippen LogP contribution in [0.25, 0.3) is 0 Å². The molecule has 1 heterocycles. The summed E-state index contributed by atoms with van der Waals surface area (Å²) in [5, 5.41) is 0.989. The molecule has 1 fully saturated rings. The van der Waals surface area contributed by atoms with Gasteiger partial charge in [-0.15, -0.1) is 0 Å². The van der Waals surface area contributed by atoms with Gasteiger partial charge in [-0.25, -0.2) is 8.42 Å². The summed E-state index contributed by atoms with van der Waals surface area (Å²) in [6, 6.07) is 0.158. The lowest BCUT2D eigenvalue weighted by Crippen LogP contribution is -2.51. The molecule has 0 amide bonds. The minimum Gasteiger partial charge on any atom is -0.298 e. The number of hydrogen-bond acceptors (Lipinski definition) is 3. The Labute approximate surface area is 114 Å². The highest BCUT2D eigenvalue weighted by Crippen LogP contribution is 2.31. The molecule has 1 aliphatic rings. The molecule has 0 bridgehead atoms. The molecule has 0 spiro atoms. The van der Waals surface area contributed by atoms with E-state index >= 15 is 0 Å². The van der Waals surface area contributed by atoms with E-state index in [0.29, 0.717) is 18.1 Å². The number of sulfone groups is 1. The molecule has 5 heteroatoms. The maximum absolute atomic E-state index is 11.5. The molecule has 0 N–H and O–H groups in total. The Morgan fingerprint density at radius 3 is 2.35 bits per heavy atom. The second kappa shape index (κ2) is 6.02. The van der Waals surface area contributed by atoms with Crippen LogP contribution >= 0.6 is 15.9 Å². The van der Waals surface area contributed by atoms with Gasteiger partial charge in [-0.05, 0) is 25.2 Å². The van der Waals surface area contributed by atoms with E-state index < -0.39 is 9.84 Å². The van der Waals surface area contributed by atoms with Crippen LogP contribution in [0.1, 0.15) is 33.6 Å². The predicted molar refractivity (Wildman–Crippen MR) is 76.5 cm³/mol. The number of halogens is 1. The van der Waals surface area contributed by atoms with Crippen LogP contribution in [0.2, 0.25) is 0 Å². The Morgan fingerprint density at radius 1 is 1.35 bits per heavy atom. The molecular weight excluding hydrogens is 302 g/mol. The Bertz CT molecular complexity index is 330.